The van der Waals surface area contributed by atoms with Crippen LogP contribution in [0.2, 0.25) is 0 Å². The molecular formula is C17H22BF2NO3. The molecule has 1 aliphatic carbocycles. The Morgan fingerprint density at radius 3 is 2.42 bits per heavy atom. The highest BCUT2D eigenvalue weighted by Crippen LogP contribution is 2.43. The number of allylic oxidation sites excluding steroid dienone is 1. The number of rotatable bonds is 4. The van der Waals surface area contributed by atoms with Crippen LogP contribution in [-0.4, -0.2) is 29.9 Å². The van der Waals surface area contributed by atoms with E-state index in [2.05, 4.69) is 4.98 Å². The first kappa shape index (κ1) is 17.4. The van der Waals surface area contributed by atoms with Crippen LogP contribution >= 0.6 is 0 Å². The lowest BCUT2D eigenvalue weighted by atomic mass is 9.73. The van der Waals surface area contributed by atoms with Gasteiger partial charge in [0.15, 0.2) is 0 Å². The van der Waals surface area contributed by atoms with Gasteiger partial charge in [-0.05, 0) is 52.2 Å². The van der Waals surface area contributed by atoms with Gasteiger partial charge in [0, 0.05) is 12.0 Å². The van der Waals surface area contributed by atoms with E-state index in [0.29, 0.717) is 30.9 Å². The summed E-state index contributed by atoms with van der Waals surface area (Å²) in [6.07, 6.45) is 2.33. The van der Waals surface area contributed by atoms with Crippen LogP contribution in [0.5, 0.6) is 5.88 Å². The fourth-order valence-electron chi connectivity index (χ4n) is 2.71. The topological polar surface area (TPSA) is 40.6 Å². The Kier molecular flexibility index (Phi) is 4.42. The lowest BCUT2D eigenvalue weighted by molar-refractivity contribution is 0.00578. The van der Waals surface area contributed by atoms with Gasteiger partial charge in [-0.3, -0.25) is 0 Å². The summed E-state index contributed by atoms with van der Waals surface area (Å²) in [5.41, 5.74) is -0.689. The van der Waals surface area contributed by atoms with Crippen LogP contribution in [0.3, 0.4) is 0 Å². The van der Waals surface area contributed by atoms with E-state index in [1.165, 1.54) is 12.1 Å². The second-order valence-electron chi connectivity index (χ2n) is 7.44. The smallest absolute Gasteiger partial charge is 0.477 e. The predicted molar refractivity (Wildman–Crippen MR) is 86.6 cm³/mol. The molecular weight excluding hydrogens is 315 g/mol. The zero-order chi connectivity index (χ0) is 17.5. The predicted octanol–water partition coefficient (Wildman–Crippen LogP) is 3.86. The van der Waals surface area contributed by atoms with Gasteiger partial charge in [0.05, 0.1) is 24.0 Å². The van der Waals surface area contributed by atoms with Crippen molar-refractivity contribution >= 4 is 7.12 Å². The molecule has 4 nitrogen and oxygen atoms in total. The number of hydrogen-bond donors (Lipinski definition) is 0. The van der Waals surface area contributed by atoms with Gasteiger partial charge in [-0.25, -0.2) is 13.8 Å². The van der Waals surface area contributed by atoms with E-state index in [4.69, 9.17) is 14.0 Å². The molecule has 1 saturated heterocycles. The van der Waals surface area contributed by atoms with Crippen LogP contribution in [0.15, 0.2) is 29.6 Å². The normalized spacial score (nSPS) is 24.7. The molecule has 0 amide bonds. The zero-order valence-corrected chi connectivity index (χ0v) is 14.4. The van der Waals surface area contributed by atoms with Crippen molar-refractivity contribution in [2.24, 2.45) is 5.92 Å². The van der Waals surface area contributed by atoms with E-state index in [1.54, 1.807) is 0 Å². The minimum absolute atomic E-state index is 0.222. The van der Waals surface area contributed by atoms with E-state index < -0.39 is 24.1 Å². The lowest BCUT2D eigenvalue weighted by Gasteiger charge is -2.32. The highest BCUT2D eigenvalue weighted by atomic mass is 19.1. The van der Waals surface area contributed by atoms with Gasteiger partial charge in [-0.15, -0.1) is 0 Å². The van der Waals surface area contributed by atoms with Crippen LogP contribution in [-0.2, 0) is 9.31 Å². The summed E-state index contributed by atoms with van der Waals surface area (Å²) in [6, 6.07) is 2.78. The van der Waals surface area contributed by atoms with Crippen LogP contribution in [0.4, 0.5) is 8.78 Å². The summed E-state index contributed by atoms with van der Waals surface area (Å²) in [7, 11) is -0.925. The average Bonchev–Trinajstić information content (AvgIpc) is 2.67. The average molecular weight is 337 g/mol. The largest absolute Gasteiger partial charge is 0.525 e. The fourth-order valence-corrected chi connectivity index (χ4v) is 2.71. The molecule has 3 rings (SSSR count). The minimum Gasteiger partial charge on any atom is -0.477 e. The Bertz CT molecular complexity index is 622. The summed E-state index contributed by atoms with van der Waals surface area (Å²) in [6.45, 7) is 8.03. The third-order valence-corrected chi connectivity index (χ3v) is 5.04. The number of ether oxygens (including phenoxy) is 1. The zero-order valence-electron chi connectivity index (χ0n) is 14.4. The monoisotopic (exact) mass is 337 g/mol. The molecule has 1 aliphatic heterocycles. The number of halogens is 2. The van der Waals surface area contributed by atoms with Crippen molar-refractivity contribution in [3.63, 3.8) is 0 Å². The van der Waals surface area contributed by atoms with Gasteiger partial charge in [-0.2, -0.15) is 0 Å². The summed E-state index contributed by atoms with van der Waals surface area (Å²) >= 11 is 0. The Balaban J connectivity index is 1.52. The van der Waals surface area contributed by atoms with Crippen molar-refractivity contribution in [1.29, 1.82) is 0 Å². The molecule has 0 atom stereocenters. The molecule has 2 heterocycles. The second-order valence-corrected chi connectivity index (χ2v) is 7.44. The van der Waals surface area contributed by atoms with Crippen molar-refractivity contribution in [2.45, 2.75) is 51.7 Å². The molecule has 0 bridgehead atoms. The third-order valence-electron chi connectivity index (χ3n) is 5.04. The van der Waals surface area contributed by atoms with E-state index >= 15 is 0 Å². The Morgan fingerprint density at radius 2 is 1.88 bits per heavy atom. The molecule has 0 spiro atoms. The molecule has 1 aromatic rings. The maximum Gasteiger partial charge on any atom is 0.525 e. The Labute approximate surface area is 141 Å². The molecule has 0 radical (unpaired) electrons. The highest BCUT2D eigenvalue weighted by molar-refractivity contribution is 6.53. The molecule has 2 aliphatic rings. The van der Waals surface area contributed by atoms with E-state index in [-0.39, 0.29) is 11.6 Å². The van der Waals surface area contributed by atoms with E-state index in [1.807, 2.05) is 27.7 Å². The molecule has 130 valence electrons. The first-order chi connectivity index (χ1) is 11.2. The van der Waals surface area contributed by atoms with Gasteiger partial charge < -0.3 is 14.0 Å². The third kappa shape index (κ3) is 3.33. The first-order valence-corrected chi connectivity index (χ1v) is 8.15. The summed E-state index contributed by atoms with van der Waals surface area (Å²) in [5, 5.41) is 0. The molecule has 7 heteroatoms. The maximum absolute atomic E-state index is 14.6. The van der Waals surface area contributed by atoms with Crippen molar-refractivity contribution < 1.29 is 22.8 Å². The van der Waals surface area contributed by atoms with Crippen LogP contribution in [0.1, 0.15) is 40.5 Å². The molecule has 0 unspecified atom stereocenters. The Morgan fingerprint density at radius 1 is 1.25 bits per heavy atom. The second kappa shape index (κ2) is 6.12. The van der Waals surface area contributed by atoms with Gasteiger partial charge in [0.2, 0.25) is 5.88 Å². The Hall–Kier alpha value is -1.47. The number of nitrogens with zero attached hydrogens (tertiary/aromatic N) is 1. The first-order valence-electron chi connectivity index (χ1n) is 8.15. The molecule has 1 saturated carbocycles. The number of hydrogen-bond acceptors (Lipinski definition) is 4. The summed E-state index contributed by atoms with van der Waals surface area (Å²) in [5.74, 6) is 0.195. The lowest BCUT2D eigenvalue weighted by Crippen LogP contribution is -2.41. The quantitative estimate of drug-likeness (QED) is 0.782. The number of aromatic nitrogens is 1. The van der Waals surface area contributed by atoms with Crippen LogP contribution in [0.25, 0.3) is 0 Å². The molecule has 0 aromatic carbocycles. The highest BCUT2D eigenvalue weighted by Gasteiger charge is 2.54. The standard InChI is InChI=1S/C17H22BF2NO3/c1-16(2)17(3,4)24-18(23-16)15(20)12-7-11(8-12)10-22-14-6-5-13(19)9-21-14/h5-6,9,11H,7-8,10H2,1-4H3. The van der Waals surface area contributed by atoms with Crippen molar-refractivity contribution in [3.05, 3.63) is 35.4 Å². The molecule has 2 fully saturated rings. The minimum atomic E-state index is -0.925. The van der Waals surface area contributed by atoms with Crippen molar-refractivity contribution in [2.75, 3.05) is 6.61 Å². The summed E-state index contributed by atoms with van der Waals surface area (Å²) in [4.78, 5) is 3.83. The number of pyridine rings is 1. The maximum atomic E-state index is 14.6. The molecule has 24 heavy (non-hydrogen) atoms. The molecule has 0 N–H and O–H groups in total. The van der Waals surface area contributed by atoms with Gasteiger partial charge >= 0.3 is 7.12 Å². The van der Waals surface area contributed by atoms with Crippen LogP contribution in [0, 0.1) is 11.7 Å². The molecule has 1 aromatic heterocycles. The van der Waals surface area contributed by atoms with E-state index in [9.17, 15) is 8.78 Å². The van der Waals surface area contributed by atoms with Crippen molar-refractivity contribution in [3.8, 4) is 5.88 Å². The fraction of sp³-hybridized carbons (Fsp3) is 0.588. The van der Waals surface area contributed by atoms with E-state index in [0.717, 1.165) is 6.20 Å². The van der Waals surface area contributed by atoms with Crippen LogP contribution < -0.4 is 4.74 Å². The summed E-state index contributed by atoms with van der Waals surface area (Å²) < 4.78 is 44.3. The SMILES string of the molecule is CC1(C)OB(C(F)=C2CC(COc3ccc(F)cn3)C2)OC1(C)C. The van der Waals surface area contributed by atoms with Gasteiger partial charge in [-0.1, -0.05) is 0 Å². The van der Waals surface area contributed by atoms with Gasteiger partial charge in [0.25, 0.3) is 0 Å². The van der Waals surface area contributed by atoms with Crippen molar-refractivity contribution in [1.82, 2.24) is 4.98 Å². The van der Waals surface area contributed by atoms with Gasteiger partial charge in [0.1, 0.15) is 11.5 Å².